The Morgan fingerprint density at radius 3 is 2.92 bits per heavy atom. The number of carbonyl (C=O) groups excluding carboxylic acids is 2. The molecule has 2 fully saturated rings. The van der Waals surface area contributed by atoms with Gasteiger partial charge in [-0.2, -0.15) is 0 Å². The topological polar surface area (TPSA) is 49.4 Å². The van der Waals surface area contributed by atoms with E-state index in [0.29, 0.717) is 19.5 Å². The Morgan fingerprint density at radius 1 is 1.67 bits per heavy atom. The van der Waals surface area contributed by atoms with E-state index in [9.17, 15) is 9.59 Å². The van der Waals surface area contributed by atoms with Crippen molar-refractivity contribution in [1.82, 2.24) is 10.2 Å². The maximum absolute atomic E-state index is 11.2. The Morgan fingerprint density at radius 2 is 2.42 bits per heavy atom. The average Bonchev–Trinajstić information content (AvgIpc) is 2.41. The second-order valence-corrected chi connectivity index (χ2v) is 3.37. The number of nitrogens with zero attached hydrogens (tertiary/aromatic N) is 1. The van der Waals surface area contributed by atoms with E-state index < -0.39 is 0 Å². The Labute approximate surface area is 70.9 Å². The second-order valence-electron chi connectivity index (χ2n) is 3.37. The molecular formula is C8H12N2O2. The molecule has 2 heterocycles. The van der Waals surface area contributed by atoms with Crippen molar-refractivity contribution in [3.63, 3.8) is 0 Å². The molecule has 2 atom stereocenters. The van der Waals surface area contributed by atoms with Gasteiger partial charge in [-0.25, -0.2) is 0 Å². The van der Waals surface area contributed by atoms with E-state index in [1.165, 1.54) is 0 Å². The van der Waals surface area contributed by atoms with Gasteiger partial charge in [-0.1, -0.05) is 6.92 Å². The van der Waals surface area contributed by atoms with Crippen molar-refractivity contribution in [2.24, 2.45) is 5.92 Å². The number of likely N-dealkylation sites (tertiary alicyclic amines) is 1. The number of hydrogen-bond donors (Lipinski definition) is 1. The fourth-order valence-electron chi connectivity index (χ4n) is 1.84. The van der Waals surface area contributed by atoms with Crippen molar-refractivity contribution >= 4 is 11.8 Å². The van der Waals surface area contributed by atoms with Gasteiger partial charge in [0.1, 0.15) is 0 Å². The molecule has 0 aliphatic carbocycles. The molecule has 2 rings (SSSR count). The summed E-state index contributed by atoms with van der Waals surface area (Å²) in [5.41, 5.74) is 0. The normalized spacial score (nSPS) is 32.4. The van der Waals surface area contributed by atoms with Crippen molar-refractivity contribution in [2.75, 3.05) is 13.1 Å². The zero-order valence-corrected chi connectivity index (χ0v) is 7.04. The van der Waals surface area contributed by atoms with E-state index in [-0.39, 0.29) is 23.8 Å². The molecule has 0 aromatic heterocycles. The summed E-state index contributed by atoms with van der Waals surface area (Å²) in [5.74, 6) is 0.339. The first-order valence-corrected chi connectivity index (χ1v) is 4.30. The smallest absolute Gasteiger partial charge is 0.227 e. The summed E-state index contributed by atoms with van der Waals surface area (Å²) in [6, 6.07) is 0.244. The van der Waals surface area contributed by atoms with Gasteiger partial charge in [-0.05, 0) is 0 Å². The van der Waals surface area contributed by atoms with Crippen molar-refractivity contribution in [2.45, 2.75) is 19.4 Å². The molecule has 0 aromatic rings. The van der Waals surface area contributed by atoms with E-state index in [2.05, 4.69) is 5.32 Å². The lowest BCUT2D eigenvalue weighted by atomic mass is 9.95. The number of β-lactam (4-membered cyclic amide) rings is 1. The van der Waals surface area contributed by atoms with Crippen LogP contribution < -0.4 is 5.32 Å². The lowest BCUT2D eigenvalue weighted by molar-refractivity contribution is -0.132. The monoisotopic (exact) mass is 168 g/mol. The summed E-state index contributed by atoms with van der Waals surface area (Å²) < 4.78 is 0. The van der Waals surface area contributed by atoms with Gasteiger partial charge in [0.15, 0.2) is 0 Å². The molecule has 2 aliphatic heterocycles. The highest BCUT2D eigenvalue weighted by atomic mass is 16.2. The van der Waals surface area contributed by atoms with Crippen molar-refractivity contribution in [1.29, 1.82) is 0 Å². The van der Waals surface area contributed by atoms with Crippen molar-refractivity contribution in [3.8, 4) is 0 Å². The lowest BCUT2D eigenvalue weighted by Gasteiger charge is -2.28. The van der Waals surface area contributed by atoms with Crippen LogP contribution in [-0.4, -0.2) is 35.8 Å². The molecule has 0 saturated carbocycles. The predicted molar refractivity (Wildman–Crippen MR) is 42.3 cm³/mol. The first kappa shape index (κ1) is 7.58. The van der Waals surface area contributed by atoms with Crippen molar-refractivity contribution < 1.29 is 9.59 Å². The summed E-state index contributed by atoms with van der Waals surface area (Å²) in [6.45, 7) is 3.18. The van der Waals surface area contributed by atoms with E-state index in [0.717, 1.165) is 0 Å². The SMILES string of the molecule is CCC(=O)N1C[C@H]2NC(=O)[C@@H]2C1. The van der Waals surface area contributed by atoms with Crippen LogP contribution in [0, 0.1) is 5.92 Å². The Hall–Kier alpha value is -1.06. The molecule has 66 valence electrons. The number of hydrogen-bond acceptors (Lipinski definition) is 2. The third-order valence-electron chi connectivity index (χ3n) is 2.64. The van der Waals surface area contributed by atoms with Crippen LogP contribution in [0.2, 0.25) is 0 Å². The van der Waals surface area contributed by atoms with Gasteiger partial charge in [0, 0.05) is 19.5 Å². The zero-order chi connectivity index (χ0) is 8.72. The minimum absolute atomic E-state index is 0.0838. The Balaban J connectivity index is 1.98. The molecule has 2 aliphatic rings. The molecule has 0 aromatic carbocycles. The van der Waals surface area contributed by atoms with Gasteiger partial charge in [-0.3, -0.25) is 9.59 Å². The fourth-order valence-corrected chi connectivity index (χ4v) is 1.84. The summed E-state index contributed by atoms with van der Waals surface area (Å²) >= 11 is 0. The van der Waals surface area contributed by atoms with Gasteiger partial charge in [0.25, 0.3) is 0 Å². The molecule has 1 N–H and O–H groups in total. The first-order valence-electron chi connectivity index (χ1n) is 4.30. The Bertz CT molecular complexity index is 239. The molecule has 0 spiro atoms. The quantitative estimate of drug-likeness (QED) is 0.529. The van der Waals surface area contributed by atoms with Crippen LogP contribution in [0.15, 0.2) is 0 Å². The second kappa shape index (κ2) is 2.47. The maximum atomic E-state index is 11.2. The van der Waals surface area contributed by atoms with Gasteiger partial charge in [0.2, 0.25) is 11.8 Å². The molecule has 2 amide bonds. The maximum Gasteiger partial charge on any atom is 0.227 e. The largest absolute Gasteiger partial charge is 0.350 e. The third kappa shape index (κ3) is 0.906. The minimum atomic E-state index is 0.0838. The van der Waals surface area contributed by atoms with Crippen LogP contribution in [0.3, 0.4) is 0 Å². The van der Waals surface area contributed by atoms with Crippen molar-refractivity contribution in [3.05, 3.63) is 0 Å². The molecule has 4 nitrogen and oxygen atoms in total. The minimum Gasteiger partial charge on any atom is -0.350 e. The van der Waals surface area contributed by atoms with E-state index in [1.807, 2.05) is 6.92 Å². The number of carbonyl (C=O) groups is 2. The molecule has 12 heavy (non-hydrogen) atoms. The summed E-state index contributed by atoms with van der Waals surface area (Å²) in [4.78, 5) is 23.9. The first-order chi connectivity index (χ1) is 5.72. The van der Waals surface area contributed by atoms with Crippen LogP contribution in [0.5, 0.6) is 0 Å². The van der Waals surface area contributed by atoms with Gasteiger partial charge in [0.05, 0.1) is 12.0 Å². The van der Waals surface area contributed by atoms with Gasteiger partial charge in [-0.15, -0.1) is 0 Å². The lowest BCUT2D eigenvalue weighted by Crippen LogP contribution is -2.57. The summed E-state index contributed by atoms with van der Waals surface area (Å²) in [7, 11) is 0. The number of amides is 2. The van der Waals surface area contributed by atoms with Crippen LogP contribution in [0.1, 0.15) is 13.3 Å². The van der Waals surface area contributed by atoms with E-state index in [1.54, 1.807) is 4.90 Å². The molecular weight excluding hydrogens is 156 g/mol. The van der Waals surface area contributed by atoms with Crippen LogP contribution in [-0.2, 0) is 9.59 Å². The van der Waals surface area contributed by atoms with E-state index in [4.69, 9.17) is 0 Å². The standard InChI is InChI=1S/C8H12N2O2/c1-2-7(11)10-3-5-6(4-10)9-8(5)12/h5-6H,2-4H2,1H3,(H,9,12)/t5-,6-/m1/s1. The molecule has 4 heteroatoms. The highest BCUT2D eigenvalue weighted by molar-refractivity contribution is 5.88. The molecule has 0 bridgehead atoms. The molecule has 0 unspecified atom stereocenters. The van der Waals surface area contributed by atoms with Gasteiger partial charge < -0.3 is 10.2 Å². The average molecular weight is 168 g/mol. The molecule has 0 radical (unpaired) electrons. The van der Waals surface area contributed by atoms with Crippen LogP contribution in [0.25, 0.3) is 0 Å². The van der Waals surface area contributed by atoms with E-state index >= 15 is 0 Å². The zero-order valence-electron chi connectivity index (χ0n) is 7.04. The number of rotatable bonds is 1. The third-order valence-corrected chi connectivity index (χ3v) is 2.64. The number of fused-ring (bicyclic) bond motifs is 1. The highest BCUT2D eigenvalue weighted by Gasteiger charge is 2.47. The molecule has 2 saturated heterocycles. The highest BCUT2D eigenvalue weighted by Crippen LogP contribution is 2.24. The van der Waals surface area contributed by atoms with Gasteiger partial charge >= 0.3 is 0 Å². The van der Waals surface area contributed by atoms with Crippen LogP contribution in [0.4, 0.5) is 0 Å². The predicted octanol–water partition coefficient (Wildman–Crippen LogP) is -0.647. The van der Waals surface area contributed by atoms with Crippen LogP contribution >= 0.6 is 0 Å². The Kier molecular flexibility index (Phi) is 1.56. The summed E-state index contributed by atoms with van der Waals surface area (Å²) in [6.07, 6.45) is 0.535. The number of nitrogens with one attached hydrogen (secondary N) is 1. The fraction of sp³-hybridized carbons (Fsp3) is 0.750. The summed E-state index contributed by atoms with van der Waals surface area (Å²) in [5, 5.41) is 2.78.